The quantitative estimate of drug-likeness (QED) is 0.773. The van der Waals surface area contributed by atoms with Gasteiger partial charge in [-0.2, -0.15) is 0 Å². The summed E-state index contributed by atoms with van der Waals surface area (Å²) in [4.78, 5) is 4.31. The van der Waals surface area contributed by atoms with E-state index in [-0.39, 0.29) is 0 Å². The zero-order valence-electron chi connectivity index (χ0n) is 11.3. The van der Waals surface area contributed by atoms with E-state index in [9.17, 15) is 0 Å². The Hall–Kier alpha value is -1.87. The topological polar surface area (TPSA) is 34.1 Å². The van der Waals surface area contributed by atoms with Crippen LogP contribution >= 0.6 is 0 Å². The fourth-order valence-corrected chi connectivity index (χ4v) is 1.93. The third kappa shape index (κ3) is 4.38. The summed E-state index contributed by atoms with van der Waals surface area (Å²) in [5.41, 5.74) is 2.32. The van der Waals surface area contributed by atoms with Gasteiger partial charge in [-0.25, -0.2) is 0 Å². The smallest absolute Gasteiger partial charge is 0.123 e. The molecule has 0 bridgehead atoms. The highest BCUT2D eigenvalue weighted by Crippen LogP contribution is 2.17. The van der Waals surface area contributed by atoms with Crippen LogP contribution in [0.3, 0.4) is 0 Å². The van der Waals surface area contributed by atoms with Crippen LogP contribution in [0.4, 0.5) is 0 Å². The normalized spacial score (nSPS) is 10.4. The zero-order valence-corrected chi connectivity index (χ0v) is 11.3. The maximum atomic E-state index is 5.60. The number of hydrogen-bond acceptors (Lipinski definition) is 3. The highest BCUT2D eigenvalue weighted by molar-refractivity contribution is 5.33. The van der Waals surface area contributed by atoms with Crippen molar-refractivity contribution < 1.29 is 4.74 Å². The zero-order chi connectivity index (χ0) is 13.3. The molecule has 0 aliphatic rings. The van der Waals surface area contributed by atoms with E-state index in [2.05, 4.69) is 22.4 Å². The number of hydrogen-bond donors (Lipinski definition) is 1. The maximum absolute atomic E-state index is 5.60. The second-order valence-electron chi connectivity index (χ2n) is 4.29. The van der Waals surface area contributed by atoms with Crippen molar-refractivity contribution in [1.82, 2.24) is 10.3 Å². The van der Waals surface area contributed by atoms with Gasteiger partial charge in [-0.15, -0.1) is 0 Å². The molecule has 0 aliphatic heterocycles. The van der Waals surface area contributed by atoms with Crippen molar-refractivity contribution in [3.63, 3.8) is 0 Å². The average Bonchev–Trinajstić information content (AvgIpc) is 2.47. The maximum Gasteiger partial charge on any atom is 0.123 e. The van der Waals surface area contributed by atoms with Gasteiger partial charge in [0.1, 0.15) is 5.75 Å². The van der Waals surface area contributed by atoms with Gasteiger partial charge in [-0.3, -0.25) is 4.98 Å². The summed E-state index contributed by atoms with van der Waals surface area (Å²) < 4.78 is 5.60. The van der Waals surface area contributed by atoms with Crippen LogP contribution in [0.25, 0.3) is 0 Å². The first kappa shape index (κ1) is 13.6. The molecule has 0 spiro atoms. The summed E-state index contributed by atoms with van der Waals surface area (Å²) in [7, 11) is 0. The molecule has 1 heterocycles. The fourth-order valence-electron chi connectivity index (χ4n) is 1.93. The molecule has 2 rings (SSSR count). The van der Waals surface area contributed by atoms with Gasteiger partial charge in [0.05, 0.1) is 6.61 Å². The predicted molar refractivity (Wildman–Crippen MR) is 77.3 cm³/mol. The van der Waals surface area contributed by atoms with Crippen LogP contribution < -0.4 is 10.1 Å². The molecule has 2 aromatic rings. The third-order valence-electron chi connectivity index (χ3n) is 2.87. The lowest BCUT2D eigenvalue weighted by Crippen LogP contribution is -2.17. The van der Waals surface area contributed by atoms with Crippen LogP contribution in [0.5, 0.6) is 5.75 Å². The van der Waals surface area contributed by atoms with Crippen LogP contribution in [-0.4, -0.2) is 18.1 Å². The van der Waals surface area contributed by atoms with Crippen molar-refractivity contribution in [3.05, 3.63) is 59.9 Å². The van der Waals surface area contributed by atoms with Crippen LogP contribution in [-0.2, 0) is 13.0 Å². The van der Waals surface area contributed by atoms with Crippen molar-refractivity contribution in [2.45, 2.75) is 19.9 Å². The molecule has 1 N–H and O–H groups in total. The van der Waals surface area contributed by atoms with E-state index in [0.717, 1.165) is 31.0 Å². The standard InChI is InChI=1S/C16H20N2O/c1-2-19-16-9-4-3-7-14(16)13-17-12-10-15-8-5-6-11-18-15/h3-9,11,17H,2,10,12-13H2,1H3. The van der Waals surface area contributed by atoms with Crippen molar-refractivity contribution in [3.8, 4) is 5.75 Å². The van der Waals surface area contributed by atoms with Gasteiger partial charge in [0.25, 0.3) is 0 Å². The highest BCUT2D eigenvalue weighted by Gasteiger charge is 2.01. The first-order valence-electron chi connectivity index (χ1n) is 6.71. The number of pyridine rings is 1. The molecule has 3 nitrogen and oxygen atoms in total. The Balaban J connectivity index is 1.79. The number of nitrogens with zero attached hydrogens (tertiary/aromatic N) is 1. The van der Waals surface area contributed by atoms with Gasteiger partial charge in [-0.1, -0.05) is 24.3 Å². The Kier molecular flexibility index (Phi) is 5.38. The molecule has 1 aromatic heterocycles. The van der Waals surface area contributed by atoms with E-state index in [4.69, 9.17) is 4.74 Å². The molecule has 3 heteroatoms. The SMILES string of the molecule is CCOc1ccccc1CNCCc1ccccn1. The lowest BCUT2D eigenvalue weighted by Gasteiger charge is -2.10. The molecule has 100 valence electrons. The van der Waals surface area contributed by atoms with Crippen LogP contribution in [0.1, 0.15) is 18.2 Å². The van der Waals surface area contributed by atoms with Gasteiger partial charge in [-0.05, 0) is 25.1 Å². The summed E-state index contributed by atoms with van der Waals surface area (Å²) in [6.45, 7) is 4.44. The fraction of sp³-hybridized carbons (Fsp3) is 0.312. The summed E-state index contributed by atoms with van der Waals surface area (Å²) >= 11 is 0. The second kappa shape index (κ2) is 7.54. The summed E-state index contributed by atoms with van der Waals surface area (Å²) in [5, 5.41) is 3.43. The van der Waals surface area contributed by atoms with Crippen molar-refractivity contribution in [2.75, 3.05) is 13.2 Å². The summed E-state index contributed by atoms with van der Waals surface area (Å²) in [6.07, 6.45) is 2.78. The Morgan fingerprint density at radius 3 is 2.74 bits per heavy atom. The molecule has 0 amide bonds. The van der Waals surface area contributed by atoms with E-state index in [1.54, 1.807) is 0 Å². The molecule has 19 heavy (non-hydrogen) atoms. The summed E-state index contributed by atoms with van der Waals surface area (Å²) in [6, 6.07) is 14.2. The number of rotatable bonds is 7. The van der Waals surface area contributed by atoms with Crippen molar-refractivity contribution in [2.24, 2.45) is 0 Å². The minimum absolute atomic E-state index is 0.699. The van der Waals surface area contributed by atoms with E-state index in [1.165, 1.54) is 5.56 Å². The minimum Gasteiger partial charge on any atom is -0.494 e. The van der Waals surface area contributed by atoms with Crippen molar-refractivity contribution >= 4 is 0 Å². The molecule has 0 unspecified atom stereocenters. The van der Waals surface area contributed by atoms with E-state index < -0.39 is 0 Å². The molecule has 0 atom stereocenters. The first-order chi connectivity index (χ1) is 9.40. The predicted octanol–water partition coefficient (Wildman–Crippen LogP) is 2.81. The number of para-hydroxylation sites is 1. The number of nitrogens with one attached hydrogen (secondary N) is 1. The Morgan fingerprint density at radius 2 is 1.95 bits per heavy atom. The van der Waals surface area contributed by atoms with Crippen LogP contribution in [0, 0.1) is 0 Å². The molecule has 0 saturated heterocycles. The first-order valence-corrected chi connectivity index (χ1v) is 6.71. The minimum atomic E-state index is 0.699. The van der Waals surface area contributed by atoms with E-state index in [0.29, 0.717) is 6.61 Å². The van der Waals surface area contributed by atoms with E-state index >= 15 is 0 Å². The van der Waals surface area contributed by atoms with Gasteiger partial charge in [0, 0.05) is 37.0 Å². The molecular formula is C16H20N2O. The van der Waals surface area contributed by atoms with Gasteiger partial charge in [0.15, 0.2) is 0 Å². The monoisotopic (exact) mass is 256 g/mol. The number of aromatic nitrogens is 1. The average molecular weight is 256 g/mol. The lowest BCUT2D eigenvalue weighted by molar-refractivity contribution is 0.335. The van der Waals surface area contributed by atoms with Gasteiger partial charge >= 0.3 is 0 Å². The molecule has 0 aliphatic carbocycles. The number of ether oxygens (including phenoxy) is 1. The highest BCUT2D eigenvalue weighted by atomic mass is 16.5. The molecule has 1 aromatic carbocycles. The van der Waals surface area contributed by atoms with Crippen LogP contribution in [0.15, 0.2) is 48.7 Å². The lowest BCUT2D eigenvalue weighted by atomic mass is 10.2. The Labute approximate surface area is 114 Å². The van der Waals surface area contributed by atoms with Gasteiger partial charge in [0.2, 0.25) is 0 Å². The van der Waals surface area contributed by atoms with Crippen molar-refractivity contribution in [1.29, 1.82) is 0 Å². The van der Waals surface area contributed by atoms with Crippen LogP contribution in [0.2, 0.25) is 0 Å². The van der Waals surface area contributed by atoms with Gasteiger partial charge < -0.3 is 10.1 Å². The van der Waals surface area contributed by atoms with E-state index in [1.807, 2.05) is 43.5 Å². The molecule has 0 fully saturated rings. The Bertz CT molecular complexity index is 485. The Morgan fingerprint density at radius 1 is 1.11 bits per heavy atom. The third-order valence-corrected chi connectivity index (χ3v) is 2.87. The number of benzene rings is 1. The molecule has 0 saturated carbocycles. The molecular weight excluding hydrogens is 236 g/mol. The largest absolute Gasteiger partial charge is 0.494 e. The molecule has 0 radical (unpaired) electrons. The summed E-state index contributed by atoms with van der Waals surface area (Å²) in [5.74, 6) is 0.968. The second-order valence-corrected chi connectivity index (χ2v) is 4.29.